The molecule has 1 amide bonds. The van der Waals surface area contributed by atoms with Gasteiger partial charge in [0, 0.05) is 11.8 Å². The van der Waals surface area contributed by atoms with Gasteiger partial charge >= 0.3 is 0 Å². The Kier molecular flexibility index (Phi) is 5.80. The highest BCUT2D eigenvalue weighted by Gasteiger charge is 2.03. The third kappa shape index (κ3) is 4.61. The highest BCUT2D eigenvalue weighted by molar-refractivity contribution is 6.02. The van der Waals surface area contributed by atoms with Crippen LogP contribution in [0.5, 0.6) is 5.75 Å². The number of aryl methyl sites for hydroxylation is 1. The Morgan fingerprint density at radius 1 is 1.22 bits per heavy atom. The number of carbonyl (C=O) groups excluding carboxylic acids is 1. The summed E-state index contributed by atoms with van der Waals surface area (Å²) in [5.41, 5.74) is 9.28. The van der Waals surface area contributed by atoms with E-state index in [1.165, 1.54) is 6.08 Å². The number of nitrogen functional groups attached to an aromatic ring is 1. The normalized spacial score (nSPS) is 10.7. The van der Waals surface area contributed by atoms with Crippen molar-refractivity contribution < 1.29 is 9.53 Å². The van der Waals surface area contributed by atoms with Crippen LogP contribution >= 0.6 is 0 Å². The summed E-state index contributed by atoms with van der Waals surface area (Å²) in [4.78, 5) is 12.1. The van der Waals surface area contributed by atoms with Crippen LogP contribution in [0.1, 0.15) is 25.0 Å². The van der Waals surface area contributed by atoms with Crippen molar-refractivity contribution in [2.45, 2.75) is 20.3 Å². The van der Waals surface area contributed by atoms with Crippen molar-refractivity contribution in [1.82, 2.24) is 0 Å². The minimum absolute atomic E-state index is 0.168. The predicted octanol–water partition coefficient (Wildman–Crippen LogP) is 3.88. The molecule has 0 unspecified atom stereocenters. The Morgan fingerprint density at radius 3 is 2.70 bits per heavy atom. The number of hydrogen-bond donors (Lipinski definition) is 2. The molecule has 2 rings (SSSR count). The molecular formula is C19H22N2O2. The number of ether oxygens (including phenoxy) is 1. The molecule has 4 nitrogen and oxygen atoms in total. The number of benzene rings is 2. The maximum atomic E-state index is 12.1. The first kappa shape index (κ1) is 16.6. The van der Waals surface area contributed by atoms with E-state index in [4.69, 9.17) is 10.5 Å². The first-order valence-electron chi connectivity index (χ1n) is 7.73. The van der Waals surface area contributed by atoms with Gasteiger partial charge in [-0.2, -0.15) is 0 Å². The molecule has 2 aromatic carbocycles. The van der Waals surface area contributed by atoms with Gasteiger partial charge in [0.25, 0.3) is 0 Å². The van der Waals surface area contributed by atoms with E-state index in [9.17, 15) is 4.79 Å². The SMILES string of the molecule is CCOc1ccc(/C=C\C(=O)Nc2ccccc2CC)cc1N. The molecule has 0 fully saturated rings. The van der Waals surface area contributed by atoms with Crippen LogP contribution in [0.15, 0.2) is 48.5 Å². The van der Waals surface area contributed by atoms with E-state index in [1.807, 2.05) is 43.3 Å². The highest BCUT2D eigenvalue weighted by Crippen LogP contribution is 2.23. The molecule has 0 aliphatic carbocycles. The summed E-state index contributed by atoms with van der Waals surface area (Å²) in [6.45, 7) is 4.54. The average molecular weight is 310 g/mol. The van der Waals surface area contributed by atoms with Crippen LogP contribution in [0.4, 0.5) is 11.4 Å². The lowest BCUT2D eigenvalue weighted by Gasteiger charge is -2.08. The van der Waals surface area contributed by atoms with E-state index in [2.05, 4.69) is 12.2 Å². The molecule has 120 valence electrons. The first-order chi connectivity index (χ1) is 11.1. The predicted molar refractivity (Wildman–Crippen MR) is 95.5 cm³/mol. The van der Waals surface area contributed by atoms with Gasteiger partial charge in [-0.25, -0.2) is 0 Å². The Labute approximate surface area is 137 Å². The van der Waals surface area contributed by atoms with Gasteiger partial charge in [0.2, 0.25) is 5.91 Å². The zero-order valence-corrected chi connectivity index (χ0v) is 13.5. The van der Waals surface area contributed by atoms with Gasteiger partial charge < -0.3 is 15.8 Å². The summed E-state index contributed by atoms with van der Waals surface area (Å²) in [5, 5.41) is 2.90. The van der Waals surface area contributed by atoms with Crippen LogP contribution in [-0.2, 0) is 11.2 Å². The lowest BCUT2D eigenvalue weighted by molar-refractivity contribution is -0.111. The number of para-hydroxylation sites is 1. The third-order valence-corrected chi connectivity index (χ3v) is 3.42. The molecule has 0 aliphatic rings. The maximum absolute atomic E-state index is 12.1. The summed E-state index contributed by atoms with van der Waals surface area (Å²) in [6.07, 6.45) is 4.10. The van der Waals surface area contributed by atoms with E-state index in [0.29, 0.717) is 18.0 Å². The molecular weight excluding hydrogens is 288 g/mol. The van der Waals surface area contributed by atoms with Crippen LogP contribution < -0.4 is 15.8 Å². The molecule has 0 atom stereocenters. The largest absolute Gasteiger partial charge is 0.492 e. The van der Waals surface area contributed by atoms with Gasteiger partial charge in [-0.1, -0.05) is 31.2 Å². The van der Waals surface area contributed by atoms with Gasteiger partial charge in [0.15, 0.2) is 0 Å². The number of carbonyl (C=O) groups is 1. The van der Waals surface area contributed by atoms with Crippen molar-refractivity contribution in [3.8, 4) is 5.75 Å². The van der Waals surface area contributed by atoms with Gasteiger partial charge in [0.1, 0.15) is 5.75 Å². The quantitative estimate of drug-likeness (QED) is 0.628. The second-order valence-corrected chi connectivity index (χ2v) is 5.06. The molecule has 0 bridgehead atoms. The molecule has 4 heteroatoms. The molecule has 3 N–H and O–H groups in total. The second-order valence-electron chi connectivity index (χ2n) is 5.06. The number of hydrogen-bond acceptors (Lipinski definition) is 3. The molecule has 0 saturated carbocycles. The number of amides is 1. The monoisotopic (exact) mass is 310 g/mol. The number of anilines is 2. The molecule has 23 heavy (non-hydrogen) atoms. The smallest absolute Gasteiger partial charge is 0.248 e. The van der Waals surface area contributed by atoms with Crippen LogP contribution in [0, 0.1) is 0 Å². The Balaban J connectivity index is 2.05. The molecule has 0 aromatic heterocycles. The van der Waals surface area contributed by atoms with E-state index in [1.54, 1.807) is 12.1 Å². The number of nitrogens with one attached hydrogen (secondary N) is 1. The molecule has 0 saturated heterocycles. The van der Waals surface area contributed by atoms with Crippen molar-refractivity contribution in [1.29, 1.82) is 0 Å². The van der Waals surface area contributed by atoms with Crippen molar-refractivity contribution in [2.24, 2.45) is 0 Å². The standard InChI is InChI=1S/C19H22N2O2/c1-3-15-7-5-6-8-17(15)21-19(22)12-10-14-9-11-18(23-4-2)16(20)13-14/h5-13H,3-4,20H2,1-2H3,(H,21,22)/b12-10-. The summed E-state index contributed by atoms with van der Waals surface area (Å²) >= 11 is 0. The van der Waals surface area contributed by atoms with Gasteiger partial charge in [-0.3, -0.25) is 4.79 Å². The van der Waals surface area contributed by atoms with Crippen LogP contribution in [-0.4, -0.2) is 12.5 Å². The van der Waals surface area contributed by atoms with Gasteiger partial charge in [0.05, 0.1) is 12.3 Å². The van der Waals surface area contributed by atoms with E-state index < -0.39 is 0 Å². The van der Waals surface area contributed by atoms with Crippen molar-refractivity contribution in [2.75, 3.05) is 17.7 Å². The highest BCUT2D eigenvalue weighted by atomic mass is 16.5. The van der Waals surface area contributed by atoms with E-state index in [0.717, 1.165) is 23.2 Å². The van der Waals surface area contributed by atoms with Crippen molar-refractivity contribution in [3.63, 3.8) is 0 Å². The first-order valence-corrected chi connectivity index (χ1v) is 7.73. The summed E-state index contributed by atoms with van der Waals surface area (Å²) in [6, 6.07) is 13.2. The van der Waals surface area contributed by atoms with Crippen LogP contribution in [0.3, 0.4) is 0 Å². The maximum Gasteiger partial charge on any atom is 0.248 e. The second kappa shape index (κ2) is 8.03. The topological polar surface area (TPSA) is 64.3 Å². The zero-order chi connectivity index (χ0) is 16.7. The lowest BCUT2D eigenvalue weighted by Crippen LogP contribution is -2.09. The van der Waals surface area contributed by atoms with Crippen molar-refractivity contribution >= 4 is 23.4 Å². The van der Waals surface area contributed by atoms with E-state index in [-0.39, 0.29) is 5.91 Å². The molecule has 0 heterocycles. The third-order valence-electron chi connectivity index (χ3n) is 3.42. The minimum Gasteiger partial charge on any atom is -0.492 e. The fraction of sp³-hybridized carbons (Fsp3) is 0.211. The van der Waals surface area contributed by atoms with E-state index >= 15 is 0 Å². The van der Waals surface area contributed by atoms with Crippen LogP contribution in [0.25, 0.3) is 6.08 Å². The molecule has 0 aliphatic heterocycles. The number of rotatable bonds is 6. The summed E-state index contributed by atoms with van der Waals surface area (Å²) in [7, 11) is 0. The molecule has 0 spiro atoms. The Hall–Kier alpha value is -2.75. The molecule has 0 radical (unpaired) electrons. The van der Waals surface area contributed by atoms with Crippen molar-refractivity contribution in [3.05, 3.63) is 59.7 Å². The summed E-state index contributed by atoms with van der Waals surface area (Å²) in [5.74, 6) is 0.490. The Morgan fingerprint density at radius 2 is 2.00 bits per heavy atom. The lowest BCUT2D eigenvalue weighted by atomic mass is 10.1. The summed E-state index contributed by atoms with van der Waals surface area (Å²) < 4.78 is 5.39. The fourth-order valence-electron chi connectivity index (χ4n) is 2.25. The van der Waals surface area contributed by atoms with Crippen LogP contribution in [0.2, 0.25) is 0 Å². The minimum atomic E-state index is -0.168. The van der Waals surface area contributed by atoms with Gasteiger partial charge in [-0.15, -0.1) is 0 Å². The fourth-order valence-corrected chi connectivity index (χ4v) is 2.25. The zero-order valence-electron chi connectivity index (χ0n) is 13.5. The molecule has 2 aromatic rings. The number of nitrogens with two attached hydrogens (primary N) is 1. The van der Waals surface area contributed by atoms with Gasteiger partial charge in [-0.05, 0) is 48.7 Å². The Bertz CT molecular complexity index is 708. The average Bonchev–Trinajstić information content (AvgIpc) is 2.56.